The molecule has 23 heteroatoms. The van der Waals surface area contributed by atoms with E-state index in [1.165, 1.54) is 66.2 Å². The molecule has 0 amide bonds. The highest BCUT2D eigenvalue weighted by molar-refractivity contribution is 7.91. The van der Waals surface area contributed by atoms with E-state index in [1.54, 1.807) is 0 Å². The zero-order chi connectivity index (χ0) is 41.2. The summed E-state index contributed by atoms with van der Waals surface area (Å²) < 4.78 is 105. The van der Waals surface area contributed by atoms with Crippen molar-refractivity contribution in [2.45, 2.75) is 62.1 Å². The number of benzene rings is 2. The number of hydrogen-bond acceptors (Lipinski definition) is 16. The van der Waals surface area contributed by atoms with Crippen LogP contribution in [0.2, 0.25) is 0 Å². The van der Waals surface area contributed by atoms with Gasteiger partial charge in [-0.05, 0) is 63.1 Å². The van der Waals surface area contributed by atoms with Crippen molar-refractivity contribution in [2.24, 2.45) is 20.5 Å². The van der Waals surface area contributed by atoms with E-state index >= 15 is 0 Å². The molecule has 0 aliphatic heterocycles. The molecule has 4 aromatic rings. The number of ether oxygens (including phenoxy) is 2. The van der Waals surface area contributed by atoms with Crippen LogP contribution in [-0.2, 0) is 54.7 Å². The molecule has 0 saturated carbocycles. The maximum absolute atomic E-state index is 13.7. The molecule has 0 aliphatic rings. The predicted molar refractivity (Wildman–Crippen MR) is 196 cm³/mol. The lowest BCUT2D eigenvalue weighted by Gasteiger charge is -2.14. The quantitative estimate of drug-likeness (QED) is 0.100. The second kappa shape index (κ2) is 16.1. The second-order valence-electron chi connectivity index (χ2n) is 11.7. The van der Waals surface area contributed by atoms with Gasteiger partial charge >= 0.3 is 0 Å². The van der Waals surface area contributed by atoms with Gasteiger partial charge in [-0.2, -0.15) is 16.8 Å². The van der Waals surface area contributed by atoms with E-state index in [9.17, 15) is 54.2 Å². The summed E-state index contributed by atoms with van der Waals surface area (Å²) in [6, 6.07) is 7.16. The van der Waals surface area contributed by atoms with Crippen molar-refractivity contribution < 1.29 is 54.0 Å². The fourth-order valence-corrected chi connectivity index (χ4v) is 8.11. The highest BCUT2D eigenvalue weighted by atomic mass is 32.2. The summed E-state index contributed by atoms with van der Waals surface area (Å²) in [5.74, 6) is -3.49. The third-order valence-corrected chi connectivity index (χ3v) is 11.3. The molecule has 20 nitrogen and oxygen atoms in total. The van der Waals surface area contributed by atoms with Gasteiger partial charge in [-0.25, -0.2) is 8.42 Å². The first kappa shape index (κ1) is 42.3. The molecule has 0 bridgehead atoms. The van der Waals surface area contributed by atoms with E-state index in [-0.39, 0.29) is 79.4 Å². The molecule has 2 aromatic heterocycles. The molecule has 2 aromatic carbocycles. The van der Waals surface area contributed by atoms with Crippen molar-refractivity contribution in [2.75, 3.05) is 14.2 Å². The Morgan fingerprint density at radius 2 is 0.964 bits per heavy atom. The van der Waals surface area contributed by atoms with Gasteiger partial charge < -0.3 is 19.7 Å². The maximum Gasteiger partial charge on any atom is 0.269 e. The standard InChI is InChI=1S/C32H36N6O14S3/c1-7-37-29(39)21(15-53(43,44)45)17(3)27(31(37)41)35-33-23-11-9-19(13-25(23)51-5)55(49,50)20-10-12-24(26(14-20)52-6)34-36-28-18(4)22(16-54(46,47)48)30(40)38(8-2)32(28)42/h9-14,41-42H,7-8,15-16H2,1-6H3,(H,43,44,45)(H,46,47,48)/b35-33+,36-34+. The molecule has 296 valence electrons. The molecule has 4 N–H and O–H groups in total. The van der Waals surface area contributed by atoms with Crippen molar-refractivity contribution in [1.29, 1.82) is 0 Å². The number of aromatic nitrogens is 2. The molecule has 4 rings (SSSR count). The summed E-state index contributed by atoms with van der Waals surface area (Å²) >= 11 is 0. The minimum absolute atomic E-state index is 0.0214. The van der Waals surface area contributed by atoms with Crippen LogP contribution in [0.4, 0.5) is 22.7 Å². The highest BCUT2D eigenvalue weighted by Gasteiger charge is 2.25. The van der Waals surface area contributed by atoms with Crippen LogP contribution in [0.3, 0.4) is 0 Å². The fourth-order valence-electron chi connectivity index (χ4n) is 5.41. The van der Waals surface area contributed by atoms with Crippen LogP contribution in [0, 0.1) is 13.8 Å². The Bertz CT molecular complexity index is 2530. The Labute approximate surface area is 314 Å². The lowest BCUT2D eigenvalue weighted by atomic mass is 10.1. The topological polar surface area (TPSA) is 295 Å². The molecular formula is C32H36N6O14S3. The lowest BCUT2D eigenvalue weighted by Crippen LogP contribution is -2.26. The molecule has 0 saturated heterocycles. The van der Waals surface area contributed by atoms with Gasteiger partial charge in [0.2, 0.25) is 21.6 Å². The number of nitrogens with zero attached hydrogens (tertiary/aromatic N) is 6. The minimum Gasteiger partial charge on any atom is -0.494 e. The fraction of sp³-hybridized carbons (Fsp3) is 0.312. The van der Waals surface area contributed by atoms with E-state index in [2.05, 4.69) is 20.5 Å². The van der Waals surface area contributed by atoms with Crippen molar-refractivity contribution >= 4 is 52.8 Å². The number of aromatic hydroxyl groups is 2. The molecule has 0 aliphatic carbocycles. The van der Waals surface area contributed by atoms with Gasteiger partial charge in [0.15, 0.2) is 0 Å². The van der Waals surface area contributed by atoms with E-state index in [0.29, 0.717) is 0 Å². The first-order chi connectivity index (χ1) is 25.6. The Morgan fingerprint density at radius 1 is 0.618 bits per heavy atom. The number of azo groups is 2. The Kier molecular flexibility index (Phi) is 12.4. The molecule has 0 fully saturated rings. The zero-order valence-corrected chi connectivity index (χ0v) is 32.5. The summed E-state index contributed by atoms with van der Waals surface area (Å²) in [5.41, 5.74) is -3.12. The van der Waals surface area contributed by atoms with E-state index < -0.39 is 64.5 Å². The summed E-state index contributed by atoms with van der Waals surface area (Å²) in [5, 5.41) is 37.5. The predicted octanol–water partition coefficient (Wildman–Crippen LogP) is 4.53. The number of rotatable bonds is 14. The van der Waals surface area contributed by atoms with Gasteiger partial charge in [0.25, 0.3) is 31.4 Å². The maximum atomic E-state index is 13.7. The number of pyridine rings is 2. The summed E-state index contributed by atoms with van der Waals surface area (Å²) in [7, 11) is -11.1. The van der Waals surface area contributed by atoms with Crippen LogP contribution in [0.5, 0.6) is 23.3 Å². The molecule has 0 unspecified atom stereocenters. The molecular weight excluding hydrogens is 789 g/mol. The Hall–Kier alpha value is -5.49. The average Bonchev–Trinajstić information content (AvgIpc) is 3.11. The average molecular weight is 825 g/mol. The van der Waals surface area contributed by atoms with Gasteiger partial charge in [-0.3, -0.25) is 27.8 Å². The number of hydrogen-bond donors (Lipinski definition) is 4. The first-order valence-electron chi connectivity index (χ1n) is 15.8. The normalized spacial score (nSPS) is 12.5. The van der Waals surface area contributed by atoms with E-state index in [1.807, 2.05) is 0 Å². The van der Waals surface area contributed by atoms with E-state index in [4.69, 9.17) is 9.47 Å². The van der Waals surface area contributed by atoms with Crippen LogP contribution in [0.15, 0.2) is 76.2 Å². The molecule has 55 heavy (non-hydrogen) atoms. The van der Waals surface area contributed by atoms with E-state index in [0.717, 1.165) is 21.3 Å². The van der Waals surface area contributed by atoms with Gasteiger partial charge in [0, 0.05) is 36.3 Å². The van der Waals surface area contributed by atoms with Gasteiger partial charge in [0.1, 0.15) is 45.8 Å². The van der Waals surface area contributed by atoms with Gasteiger partial charge in [-0.1, -0.05) is 0 Å². The third kappa shape index (κ3) is 8.91. The Balaban J connectivity index is 1.73. The van der Waals surface area contributed by atoms with Crippen molar-refractivity contribution in [3.8, 4) is 23.3 Å². The van der Waals surface area contributed by atoms with Crippen molar-refractivity contribution in [3.05, 3.63) is 79.4 Å². The van der Waals surface area contributed by atoms with Crippen LogP contribution in [0.25, 0.3) is 0 Å². The van der Waals surface area contributed by atoms with Gasteiger partial charge in [0.05, 0.1) is 24.0 Å². The lowest BCUT2D eigenvalue weighted by molar-refractivity contribution is 0.410. The van der Waals surface area contributed by atoms with Gasteiger partial charge in [-0.15, -0.1) is 20.5 Å². The van der Waals surface area contributed by atoms with Crippen LogP contribution in [-0.4, -0.2) is 67.9 Å². The number of sulfone groups is 1. The Morgan fingerprint density at radius 3 is 1.25 bits per heavy atom. The molecule has 0 spiro atoms. The monoisotopic (exact) mass is 824 g/mol. The number of methoxy groups -OCH3 is 2. The molecule has 0 atom stereocenters. The minimum atomic E-state index is -4.64. The van der Waals surface area contributed by atoms with Crippen LogP contribution >= 0.6 is 0 Å². The van der Waals surface area contributed by atoms with Crippen LogP contribution in [0.1, 0.15) is 36.1 Å². The van der Waals surface area contributed by atoms with Crippen LogP contribution < -0.4 is 20.6 Å². The summed E-state index contributed by atoms with van der Waals surface area (Å²) in [4.78, 5) is 25.0. The largest absolute Gasteiger partial charge is 0.494 e. The summed E-state index contributed by atoms with van der Waals surface area (Å²) in [6.45, 7) is 5.50. The zero-order valence-electron chi connectivity index (χ0n) is 30.1. The second-order valence-corrected chi connectivity index (χ2v) is 16.5. The molecule has 0 radical (unpaired) electrons. The SMILES string of the molecule is CCn1c(O)c(/N=N/c2ccc(S(=O)(=O)c3ccc(/N=N/c4c(C)c(CS(=O)(=O)O)c(=O)n(CC)c4O)c(OC)c3)cc2OC)c(C)c(CS(=O)(=O)O)c1=O. The first-order valence-corrected chi connectivity index (χ1v) is 20.6. The summed E-state index contributed by atoms with van der Waals surface area (Å²) in [6.07, 6.45) is 0. The molecule has 2 heterocycles. The smallest absolute Gasteiger partial charge is 0.269 e. The van der Waals surface area contributed by atoms with Crippen molar-refractivity contribution in [1.82, 2.24) is 9.13 Å². The third-order valence-electron chi connectivity index (χ3n) is 8.28. The highest BCUT2D eigenvalue weighted by Crippen LogP contribution is 2.39. The van der Waals surface area contributed by atoms with Crippen molar-refractivity contribution in [3.63, 3.8) is 0 Å².